The summed E-state index contributed by atoms with van der Waals surface area (Å²) in [6.45, 7) is 3.24. The van der Waals surface area contributed by atoms with Crippen molar-refractivity contribution in [3.63, 3.8) is 0 Å². The molecule has 0 aliphatic rings. The van der Waals surface area contributed by atoms with Gasteiger partial charge in [0.15, 0.2) is 6.61 Å². The lowest BCUT2D eigenvalue weighted by molar-refractivity contribution is -0.145. The first kappa shape index (κ1) is 24.8. The first-order chi connectivity index (χ1) is 16.0. The maximum atomic E-state index is 12.9. The van der Waals surface area contributed by atoms with E-state index in [-0.39, 0.29) is 35.5 Å². The van der Waals surface area contributed by atoms with Crippen molar-refractivity contribution in [1.82, 2.24) is 4.57 Å². The standard InChI is InChI=1S/C23H25N3O7S/c1-4-32-18(27)13-33-17-11-10-16(25-34(3,30)31)21-20(17)19(22(28)23(24)29)14(2)26(21)12-15-8-6-5-7-9-15/h5-11,25H,4,12-13H2,1-3H3,(H2,24,29). The molecule has 1 aromatic heterocycles. The predicted molar refractivity (Wildman–Crippen MR) is 126 cm³/mol. The zero-order chi connectivity index (χ0) is 25.0. The minimum absolute atomic E-state index is 0.0329. The molecule has 3 N–H and O–H groups in total. The summed E-state index contributed by atoms with van der Waals surface area (Å²) in [6.07, 6.45) is 0.997. The van der Waals surface area contributed by atoms with E-state index in [1.165, 1.54) is 12.1 Å². The maximum absolute atomic E-state index is 12.9. The van der Waals surface area contributed by atoms with Gasteiger partial charge in [-0.05, 0) is 31.5 Å². The summed E-state index contributed by atoms with van der Waals surface area (Å²) >= 11 is 0. The third-order valence-corrected chi connectivity index (χ3v) is 5.60. The van der Waals surface area contributed by atoms with Crippen LogP contribution in [0.4, 0.5) is 5.69 Å². The van der Waals surface area contributed by atoms with E-state index in [1.54, 1.807) is 18.4 Å². The number of anilines is 1. The number of hydrogen-bond donors (Lipinski definition) is 2. The molecule has 1 amide bonds. The van der Waals surface area contributed by atoms with Crippen LogP contribution in [0.3, 0.4) is 0 Å². The molecule has 2 aromatic carbocycles. The third-order valence-electron chi connectivity index (χ3n) is 5.01. The van der Waals surface area contributed by atoms with Gasteiger partial charge in [0.25, 0.3) is 11.7 Å². The van der Waals surface area contributed by atoms with E-state index in [0.717, 1.165) is 11.8 Å². The van der Waals surface area contributed by atoms with Gasteiger partial charge in [0, 0.05) is 12.2 Å². The summed E-state index contributed by atoms with van der Waals surface area (Å²) in [6, 6.07) is 12.1. The molecule has 11 heteroatoms. The van der Waals surface area contributed by atoms with Crippen LogP contribution in [0, 0.1) is 6.92 Å². The van der Waals surface area contributed by atoms with E-state index in [0.29, 0.717) is 11.2 Å². The fraction of sp³-hybridized carbons (Fsp3) is 0.261. The zero-order valence-corrected chi connectivity index (χ0v) is 19.8. The molecular weight excluding hydrogens is 462 g/mol. The molecule has 0 spiro atoms. The van der Waals surface area contributed by atoms with Gasteiger partial charge < -0.3 is 19.8 Å². The van der Waals surface area contributed by atoms with Crippen LogP contribution in [0.5, 0.6) is 5.75 Å². The second-order valence-corrected chi connectivity index (χ2v) is 9.28. The quantitative estimate of drug-likeness (QED) is 0.252. The van der Waals surface area contributed by atoms with Crippen LogP contribution >= 0.6 is 0 Å². The molecule has 3 rings (SSSR count). The predicted octanol–water partition coefficient (Wildman–Crippen LogP) is 1.98. The lowest BCUT2D eigenvalue weighted by Crippen LogP contribution is -2.24. The van der Waals surface area contributed by atoms with Crippen molar-refractivity contribution in [3.05, 3.63) is 59.3 Å². The zero-order valence-electron chi connectivity index (χ0n) is 19.0. The minimum Gasteiger partial charge on any atom is -0.481 e. The number of amides is 1. The fourth-order valence-electron chi connectivity index (χ4n) is 3.68. The van der Waals surface area contributed by atoms with E-state index in [1.807, 2.05) is 30.3 Å². The number of ketones is 1. The SMILES string of the molecule is CCOC(=O)COc1ccc(NS(C)(=O)=O)c2c1c(C(=O)C(N)=O)c(C)n2Cc1ccccc1. The third kappa shape index (κ3) is 5.37. The number of primary amides is 1. The van der Waals surface area contributed by atoms with Crippen molar-refractivity contribution >= 4 is 44.3 Å². The van der Waals surface area contributed by atoms with E-state index in [9.17, 15) is 22.8 Å². The maximum Gasteiger partial charge on any atom is 0.344 e. The topological polar surface area (TPSA) is 147 Å². The van der Waals surface area contributed by atoms with Crippen molar-refractivity contribution in [2.24, 2.45) is 5.73 Å². The molecule has 0 aliphatic heterocycles. The second kappa shape index (κ2) is 9.96. The number of sulfonamides is 1. The van der Waals surface area contributed by atoms with Crippen LogP contribution in [-0.2, 0) is 30.9 Å². The number of carbonyl (C=O) groups is 3. The summed E-state index contributed by atoms with van der Waals surface area (Å²) in [4.78, 5) is 36.6. The van der Waals surface area contributed by atoms with Gasteiger partial charge in [-0.2, -0.15) is 0 Å². The van der Waals surface area contributed by atoms with Crippen molar-refractivity contribution in [2.45, 2.75) is 20.4 Å². The van der Waals surface area contributed by atoms with Crippen LogP contribution in [0.15, 0.2) is 42.5 Å². The highest BCUT2D eigenvalue weighted by Crippen LogP contribution is 2.39. The highest BCUT2D eigenvalue weighted by molar-refractivity contribution is 7.92. The molecule has 0 atom stereocenters. The summed E-state index contributed by atoms with van der Waals surface area (Å²) < 4.78 is 38.8. The number of carbonyl (C=O) groups excluding carboxylic acids is 3. The Labute approximate surface area is 196 Å². The Hall–Kier alpha value is -3.86. The monoisotopic (exact) mass is 487 g/mol. The Morgan fingerprint density at radius 1 is 1.09 bits per heavy atom. The molecule has 0 bridgehead atoms. The Kier molecular flexibility index (Phi) is 7.26. The van der Waals surface area contributed by atoms with Gasteiger partial charge in [0.05, 0.1) is 35.0 Å². The molecule has 34 heavy (non-hydrogen) atoms. The number of aromatic nitrogens is 1. The first-order valence-electron chi connectivity index (χ1n) is 10.3. The summed E-state index contributed by atoms with van der Waals surface area (Å²) in [5.41, 5.74) is 7.00. The van der Waals surface area contributed by atoms with Crippen molar-refractivity contribution in [3.8, 4) is 5.75 Å². The van der Waals surface area contributed by atoms with Crippen molar-refractivity contribution in [1.29, 1.82) is 0 Å². The number of nitrogens with two attached hydrogens (primary N) is 1. The lowest BCUT2D eigenvalue weighted by Gasteiger charge is -2.14. The van der Waals surface area contributed by atoms with Gasteiger partial charge in [0.2, 0.25) is 10.0 Å². The van der Waals surface area contributed by atoms with Crippen LogP contribution in [0.1, 0.15) is 28.5 Å². The number of esters is 1. The average molecular weight is 488 g/mol. The number of benzene rings is 2. The Morgan fingerprint density at radius 2 is 1.76 bits per heavy atom. The van der Waals surface area contributed by atoms with Crippen LogP contribution in [-0.4, -0.2) is 50.1 Å². The smallest absolute Gasteiger partial charge is 0.344 e. The highest BCUT2D eigenvalue weighted by Gasteiger charge is 2.28. The van der Waals surface area contributed by atoms with Gasteiger partial charge in [0.1, 0.15) is 5.75 Å². The number of nitrogens with one attached hydrogen (secondary N) is 1. The summed E-state index contributed by atoms with van der Waals surface area (Å²) in [5, 5.41) is 0.162. The van der Waals surface area contributed by atoms with E-state index >= 15 is 0 Å². The van der Waals surface area contributed by atoms with Gasteiger partial charge in [-0.25, -0.2) is 13.2 Å². The van der Waals surface area contributed by atoms with Crippen LogP contribution in [0.2, 0.25) is 0 Å². The van der Waals surface area contributed by atoms with E-state index in [4.69, 9.17) is 15.2 Å². The Balaban J connectivity index is 2.33. The number of nitrogens with zero attached hydrogens (tertiary/aromatic N) is 1. The molecule has 0 saturated heterocycles. The number of Topliss-reactive ketones (excluding diaryl/α,β-unsaturated/α-hetero) is 1. The number of ether oxygens (including phenoxy) is 2. The van der Waals surface area contributed by atoms with Gasteiger partial charge in [-0.15, -0.1) is 0 Å². The highest BCUT2D eigenvalue weighted by atomic mass is 32.2. The molecule has 3 aromatic rings. The van der Waals surface area contributed by atoms with E-state index < -0.39 is 34.3 Å². The van der Waals surface area contributed by atoms with E-state index in [2.05, 4.69) is 4.72 Å². The molecule has 0 aliphatic carbocycles. The average Bonchev–Trinajstić information content (AvgIpc) is 3.05. The van der Waals surface area contributed by atoms with Gasteiger partial charge >= 0.3 is 5.97 Å². The fourth-order valence-corrected chi connectivity index (χ4v) is 4.25. The molecule has 10 nitrogen and oxygen atoms in total. The molecule has 180 valence electrons. The summed E-state index contributed by atoms with van der Waals surface area (Å²) in [7, 11) is -3.70. The molecule has 1 heterocycles. The molecule has 0 fully saturated rings. The molecular formula is C23H25N3O7S. The van der Waals surface area contributed by atoms with Gasteiger partial charge in [-0.3, -0.25) is 14.3 Å². The number of hydrogen-bond acceptors (Lipinski definition) is 7. The Morgan fingerprint density at radius 3 is 2.35 bits per heavy atom. The number of fused-ring (bicyclic) bond motifs is 1. The lowest BCUT2D eigenvalue weighted by atomic mass is 10.0. The normalized spacial score (nSPS) is 11.3. The van der Waals surface area contributed by atoms with Crippen LogP contribution < -0.4 is 15.2 Å². The minimum atomic E-state index is -3.70. The Bertz CT molecular complexity index is 1360. The van der Waals surface area contributed by atoms with Crippen LogP contribution in [0.25, 0.3) is 10.9 Å². The number of rotatable bonds is 10. The largest absolute Gasteiger partial charge is 0.481 e. The second-order valence-electron chi connectivity index (χ2n) is 7.53. The van der Waals surface area contributed by atoms with Crippen molar-refractivity contribution < 1.29 is 32.3 Å². The first-order valence-corrected chi connectivity index (χ1v) is 12.2. The van der Waals surface area contributed by atoms with Gasteiger partial charge in [-0.1, -0.05) is 30.3 Å². The molecule has 0 unspecified atom stereocenters. The summed E-state index contributed by atoms with van der Waals surface area (Å²) in [5.74, 6) is -2.68. The molecule has 0 radical (unpaired) electrons. The molecule has 0 saturated carbocycles. The van der Waals surface area contributed by atoms with Crippen molar-refractivity contribution in [2.75, 3.05) is 24.2 Å².